The summed E-state index contributed by atoms with van der Waals surface area (Å²) in [5, 5.41) is 45.2. The maximum absolute atomic E-state index is 14.2. The molecule has 4 aliphatic carbocycles. The van der Waals surface area contributed by atoms with Gasteiger partial charge < -0.3 is 30.9 Å². The number of hydrogen-bond acceptors (Lipinski definition) is 9. The van der Waals surface area contributed by atoms with Gasteiger partial charge in [0.05, 0.1) is 18.7 Å². The van der Waals surface area contributed by atoms with E-state index in [4.69, 9.17) is 10.5 Å². The number of benzene rings is 2. The van der Waals surface area contributed by atoms with Crippen LogP contribution in [0.3, 0.4) is 0 Å². The van der Waals surface area contributed by atoms with Crippen LogP contribution in [0, 0.1) is 11.8 Å². The van der Waals surface area contributed by atoms with Crippen LogP contribution in [0.15, 0.2) is 47.2 Å². The van der Waals surface area contributed by atoms with E-state index in [0.29, 0.717) is 17.7 Å². The molecule has 0 spiro atoms. The largest absolute Gasteiger partial charge is 0.508 e. The molecule has 10 heteroatoms. The zero-order valence-electron chi connectivity index (χ0n) is 21.6. The van der Waals surface area contributed by atoms with Gasteiger partial charge in [-0.2, -0.15) is 0 Å². The Morgan fingerprint density at radius 1 is 1.08 bits per heavy atom. The summed E-state index contributed by atoms with van der Waals surface area (Å²) in [5.41, 5.74) is 5.14. The van der Waals surface area contributed by atoms with Crippen molar-refractivity contribution in [2.45, 2.75) is 30.4 Å². The molecule has 0 aromatic heterocycles. The van der Waals surface area contributed by atoms with Crippen LogP contribution < -0.4 is 10.5 Å². The van der Waals surface area contributed by atoms with Crippen molar-refractivity contribution in [1.29, 1.82) is 0 Å². The topological polar surface area (TPSA) is 171 Å². The van der Waals surface area contributed by atoms with Crippen LogP contribution in [0.5, 0.6) is 11.5 Å². The van der Waals surface area contributed by atoms with E-state index >= 15 is 0 Å². The number of nitrogens with two attached hydrogens (primary N) is 1. The average Bonchev–Trinajstić information content (AvgIpc) is 2.88. The van der Waals surface area contributed by atoms with Gasteiger partial charge in [-0.15, -0.1) is 0 Å². The fourth-order valence-corrected chi connectivity index (χ4v) is 7.29. The molecular weight excluding hydrogens is 504 g/mol. The zero-order chi connectivity index (χ0) is 28.1. The van der Waals surface area contributed by atoms with Gasteiger partial charge in [-0.1, -0.05) is 12.1 Å². The number of aromatic hydroxyl groups is 1. The van der Waals surface area contributed by atoms with E-state index in [1.165, 1.54) is 11.0 Å². The monoisotopic (exact) mass is 532 g/mol. The van der Waals surface area contributed by atoms with Crippen LogP contribution in [0.25, 0.3) is 16.9 Å². The first kappa shape index (κ1) is 25.1. The second kappa shape index (κ2) is 8.17. The molecule has 5 unspecified atom stereocenters. The van der Waals surface area contributed by atoms with Crippen LogP contribution in [-0.4, -0.2) is 75.6 Å². The fraction of sp³-hybridized carbons (Fsp3) is 0.345. The first-order valence-corrected chi connectivity index (χ1v) is 12.6. The molecule has 2 aromatic rings. The minimum Gasteiger partial charge on any atom is -0.508 e. The molecule has 1 fully saturated rings. The Morgan fingerprint density at radius 2 is 1.77 bits per heavy atom. The van der Waals surface area contributed by atoms with E-state index in [9.17, 15) is 34.8 Å². The van der Waals surface area contributed by atoms with Gasteiger partial charge in [0, 0.05) is 11.5 Å². The predicted octanol–water partition coefficient (Wildman–Crippen LogP) is 1.74. The lowest BCUT2D eigenvalue weighted by molar-refractivity contribution is -0.154. The number of rotatable bonds is 3. The third kappa shape index (κ3) is 3.06. The number of methoxy groups -OCH3 is 1. The van der Waals surface area contributed by atoms with Gasteiger partial charge in [-0.25, -0.2) is 0 Å². The Balaban J connectivity index is 1.62. The first-order chi connectivity index (χ1) is 18.4. The van der Waals surface area contributed by atoms with Crippen molar-refractivity contribution in [2.24, 2.45) is 17.6 Å². The molecule has 202 valence electrons. The van der Waals surface area contributed by atoms with Gasteiger partial charge in [0.15, 0.2) is 11.4 Å². The van der Waals surface area contributed by atoms with Gasteiger partial charge in [-0.05, 0) is 79.2 Å². The Hall–Kier alpha value is -4.15. The smallest absolute Gasteiger partial charge is 0.255 e. The van der Waals surface area contributed by atoms with Crippen molar-refractivity contribution in [1.82, 2.24) is 4.90 Å². The normalized spacial score (nSPS) is 29.1. The zero-order valence-corrected chi connectivity index (χ0v) is 21.6. The highest BCUT2D eigenvalue weighted by Gasteiger charge is 2.65. The first-order valence-electron chi connectivity index (χ1n) is 12.6. The number of phenolic OH excluding ortho intramolecular Hbond substituents is 1. The van der Waals surface area contributed by atoms with Gasteiger partial charge in [0.1, 0.15) is 28.6 Å². The Kier molecular flexibility index (Phi) is 5.27. The number of aliphatic hydroxyl groups is 3. The Bertz CT molecular complexity index is 1570. The number of fused-ring (bicyclic) bond motifs is 5. The molecule has 0 bridgehead atoms. The number of ketones is 2. The predicted molar refractivity (Wildman–Crippen MR) is 139 cm³/mol. The molecule has 0 heterocycles. The summed E-state index contributed by atoms with van der Waals surface area (Å²) >= 11 is 0. The molecule has 5 atom stereocenters. The summed E-state index contributed by atoms with van der Waals surface area (Å²) in [6.07, 6.45) is 0.468. The summed E-state index contributed by atoms with van der Waals surface area (Å²) in [7, 11) is 4.72. The lowest BCUT2D eigenvalue weighted by Crippen LogP contribution is -2.66. The standard InChI is InChI=1S/C29H28N2O8/c1-31(2)23-17-10-16-15-9-11-8-12(39-3)4-5-13(11)14-6-7-18(32)21(19(14)15)24(33)20(16)26(35)29(17,38)27(36)22(25(23)34)28(30)37/h4-8,15-17,23,32-33,36,38H,9-10H2,1-3H3,(H2,30,37). The summed E-state index contributed by atoms with van der Waals surface area (Å²) in [5.74, 6) is -6.44. The number of carbonyl (C=O) groups excluding carboxylic acids is 3. The molecule has 0 saturated heterocycles. The van der Waals surface area contributed by atoms with E-state index in [2.05, 4.69) is 0 Å². The van der Waals surface area contributed by atoms with Crippen molar-refractivity contribution in [3.63, 3.8) is 0 Å². The van der Waals surface area contributed by atoms with Gasteiger partial charge in [0.2, 0.25) is 5.78 Å². The van der Waals surface area contributed by atoms with E-state index in [-0.39, 0.29) is 23.3 Å². The lowest BCUT2D eigenvalue weighted by Gasteiger charge is -2.52. The van der Waals surface area contributed by atoms with Crippen molar-refractivity contribution < 1.29 is 39.5 Å². The van der Waals surface area contributed by atoms with Gasteiger partial charge >= 0.3 is 0 Å². The number of ether oxygens (including phenoxy) is 1. The number of phenols is 1. The quantitative estimate of drug-likeness (QED) is 0.369. The Labute approximate surface area is 223 Å². The van der Waals surface area contributed by atoms with Gasteiger partial charge in [-0.3, -0.25) is 19.3 Å². The van der Waals surface area contributed by atoms with Crippen molar-refractivity contribution in [2.75, 3.05) is 21.2 Å². The minimum atomic E-state index is -2.67. The maximum Gasteiger partial charge on any atom is 0.255 e. The van der Waals surface area contributed by atoms with E-state index in [1.54, 1.807) is 27.3 Å². The van der Waals surface area contributed by atoms with Crippen LogP contribution in [0.2, 0.25) is 0 Å². The van der Waals surface area contributed by atoms with Crippen LogP contribution in [0.1, 0.15) is 29.0 Å². The highest BCUT2D eigenvalue weighted by atomic mass is 16.5. The van der Waals surface area contributed by atoms with E-state index < -0.39 is 64.0 Å². The molecule has 39 heavy (non-hydrogen) atoms. The summed E-state index contributed by atoms with van der Waals surface area (Å²) in [6.45, 7) is 0. The fourth-order valence-electron chi connectivity index (χ4n) is 7.29. The summed E-state index contributed by atoms with van der Waals surface area (Å²) in [4.78, 5) is 41.2. The van der Waals surface area contributed by atoms with Crippen LogP contribution >= 0.6 is 0 Å². The molecule has 1 amide bonds. The number of amides is 1. The molecule has 10 nitrogen and oxygen atoms in total. The molecule has 1 saturated carbocycles. The molecule has 2 aromatic carbocycles. The Morgan fingerprint density at radius 3 is 2.41 bits per heavy atom. The van der Waals surface area contributed by atoms with Crippen molar-refractivity contribution in [3.05, 3.63) is 63.9 Å². The molecular formula is C29H28N2O8. The number of primary amides is 1. The van der Waals surface area contributed by atoms with Crippen LogP contribution in [-0.2, 0) is 20.8 Å². The summed E-state index contributed by atoms with van der Waals surface area (Å²) < 4.78 is 5.42. The average molecular weight is 533 g/mol. The highest BCUT2D eigenvalue weighted by molar-refractivity contribution is 6.24. The van der Waals surface area contributed by atoms with Gasteiger partial charge in [0.25, 0.3) is 5.91 Å². The summed E-state index contributed by atoms with van der Waals surface area (Å²) in [6, 6.07) is 7.72. The number of Topliss-reactive ketones (excluding diaryl/α,β-unsaturated/α-hetero) is 2. The third-order valence-electron chi connectivity index (χ3n) is 8.92. The number of nitrogens with zero attached hydrogens (tertiary/aromatic N) is 1. The molecule has 4 aliphatic rings. The maximum atomic E-state index is 14.2. The van der Waals surface area contributed by atoms with Crippen molar-refractivity contribution >= 4 is 23.2 Å². The minimum absolute atomic E-state index is 0.0326. The number of aliphatic hydroxyl groups excluding tert-OH is 2. The SMILES string of the molecule is COc1ccc2c(c1)CC1c3c-2ccc(O)c3C(O)=C2C(=O)C3(O)C(O)=C(C(N)=O)C(=O)C(N(C)C)C3CC21. The van der Waals surface area contributed by atoms with Crippen LogP contribution in [0.4, 0.5) is 0 Å². The third-order valence-corrected chi connectivity index (χ3v) is 8.92. The number of likely N-dealkylation sites (N-methyl/N-ethyl adjacent to an activating group) is 1. The molecule has 0 aliphatic heterocycles. The van der Waals surface area contributed by atoms with E-state index in [1.807, 2.05) is 18.2 Å². The van der Waals surface area contributed by atoms with E-state index in [0.717, 1.165) is 16.7 Å². The van der Waals surface area contributed by atoms with Crippen molar-refractivity contribution in [3.8, 4) is 22.6 Å². The highest BCUT2D eigenvalue weighted by Crippen LogP contribution is 2.60. The second-order valence-corrected chi connectivity index (χ2v) is 10.9. The number of hydrogen-bond donors (Lipinski definition) is 5. The molecule has 6 N–H and O–H groups in total. The molecule has 0 radical (unpaired) electrons. The molecule has 6 rings (SSSR count). The number of carbonyl (C=O) groups is 3. The second-order valence-electron chi connectivity index (χ2n) is 10.9. The lowest BCUT2D eigenvalue weighted by atomic mass is 9.53.